The highest BCUT2D eigenvalue weighted by Crippen LogP contribution is 2.45. The summed E-state index contributed by atoms with van der Waals surface area (Å²) in [5.74, 6) is 1.25. The molecule has 1 aromatic heterocycles. The van der Waals surface area contributed by atoms with Gasteiger partial charge in [-0.05, 0) is 24.2 Å². The third kappa shape index (κ3) is 1.82. The van der Waals surface area contributed by atoms with E-state index < -0.39 is 0 Å². The topological polar surface area (TPSA) is 56.7 Å². The summed E-state index contributed by atoms with van der Waals surface area (Å²) in [5.41, 5.74) is 6.00. The van der Waals surface area contributed by atoms with E-state index in [-0.39, 0.29) is 0 Å². The number of rotatable bonds is 2. The quantitative estimate of drug-likeness (QED) is 0.746. The maximum Gasteiger partial charge on any atom is 0.165 e. The molecule has 0 saturated heterocycles. The van der Waals surface area contributed by atoms with Crippen LogP contribution in [0, 0.1) is 11.3 Å². The molecule has 72 valence electrons. The standard InChI is InChI=1S/C9H16N4/c1-9(2)3-7(4-9)6-13-11-5-8(10)12-13/h5,7H,3-4,6H2,1-2H3,(H2,10,12). The first kappa shape index (κ1) is 8.53. The van der Waals surface area contributed by atoms with E-state index in [0.29, 0.717) is 11.2 Å². The maximum absolute atomic E-state index is 5.47. The van der Waals surface area contributed by atoms with Crippen molar-refractivity contribution in [2.75, 3.05) is 5.73 Å². The van der Waals surface area contributed by atoms with Gasteiger partial charge in [0.05, 0.1) is 12.7 Å². The smallest absolute Gasteiger partial charge is 0.165 e. The minimum atomic E-state index is 0.513. The highest BCUT2D eigenvalue weighted by Gasteiger charge is 2.36. The van der Waals surface area contributed by atoms with Crippen molar-refractivity contribution in [3.05, 3.63) is 6.20 Å². The number of hydrogen-bond acceptors (Lipinski definition) is 3. The molecule has 0 aromatic carbocycles. The fraction of sp³-hybridized carbons (Fsp3) is 0.778. The van der Waals surface area contributed by atoms with E-state index in [4.69, 9.17) is 5.73 Å². The highest BCUT2D eigenvalue weighted by atomic mass is 15.5. The third-order valence-corrected chi connectivity index (χ3v) is 2.66. The lowest BCUT2D eigenvalue weighted by molar-refractivity contribution is 0.0764. The average Bonchev–Trinajstić information content (AvgIpc) is 2.31. The molecule has 2 rings (SSSR count). The predicted molar refractivity (Wildman–Crippen MR) is 50.9 cm³/mol. The minimum absolute atomic E-state index is 0.513. The average molecular weight is 180 g/mol. The number of nitrogen functional groups attached to an aromatic ring is 1. The van der Waals surface area contributed by atoms with E-state index in [2.05, 4.69) is 24.0 Å². The number of hydrogen-bond donors (Lipinski definition) is 1. The second-order valence-corrected chi connectivity index (χ2v) is 4.76. The van der Waals surface area contributed by atoms with Gasteiger partial charge < -0.3 is 5.73 Å². The van der Waals surface area contributed by atoms with E-state index in [1.165, 1.54) is 12.8 Å². The Hall–Kier alpha value is -1.06. The molecule has 4 heteroatoms. The zero-order chi connectivity index (χ0) is 9.47. The van der Waals surface area contributed by atoms with Crippen molar-refractivity contribution in [2.24, 2.45) is 11.3 Å². The molecule has 0 aliphatic heterocycles. The van der Waals surface area contributed by atoms with E-state index in [1.807, 2.05) is 0 Å². The van der Waals surface area contributed by atoms with Crippen LogP contribution < -0.4 is 5.73 Å². The van der Waals surface area contributed by atoms with Gasteiger partial charge in [0.2, 0.25) is 0 Å². The molecule has 1 aliphatic carbocycles. The molecular formula is C9H16N4. The van der Waals surface area contributed by atoms with Gasteiger partial charge in [-0.2, -0.15) is 9.90 Å². The molecule has 1 aliphatic rings. The molecule has 1 aromatic rings. The van der Waals surface area contributed by atoms with Crippen LogP contribution in [0.25, 0.3) is 0 Å². The highest BCUT2D eigenvalue weighted by molar-refractivity contribution is 5.19. The predicted octanol–water partition coefficient (Wildman–Crippen LogP) is 1.30. The van der Waals surface area contributed by atoms with Crippen LogP contribution >= 0.6 is 0 Å². The number of nitrogens with zero attached hydrogens (tertiary/aromatic N) is 3. The lowest BCUT2D eigenvalue weighted by Gasteiger charge is -2.42. The number of aromatic nitrogens is 3. The summed E-state index contributed by atoms with van der Waals surface area (Å²) in [6, 6.07) is 0. The number of anilines is 1. The van der Waals surface area contributed by atoms with Crippen LogP contribution in [-0.4, -0.2) is 15.0 Å². The summed E-state index contributed by atoms with van der Waals surface area (Å²) in [4.78, 5) is 1.70. The normalized spacial score (nSPS) is 21.4. The van der Waals surface area contributed by atoms with Crippen molar-refractivity contribution in [1.29, 1.82) is 0 Å². The van der Waals surface area contributed by atoms with E-state index >= 15 is 0 Å². The van der Waals surface area contributed by atoms with Crippen LogP contribution in [0.1, 0.15) is 26.7 Å². The fourth-order valence-corrected chi connectivity index (χ4v) is 2.26. The van der Waals surface area contributed by atoms with Gasteiger partial charge >= 0.3 is 0 Å². The Morgan fingerprint density at radius 2 is 2.31 bits per heavy atom. The van der Waals surface area contributed by atoms with Crippen molar-refractivity contribution in [1.82, 2.24) is 15.0 Å². The SMILES string of the molecule is CC1(C)CC(Cn2ncc(N)n2)C1. The van der Waals surface area contributed by atoms with Gasteiger partial charge in [-0.15, -0.1) is 5.10 Å². The Morgan fingerprint density at radius 3 is 2.77 bits per heavy atom. The second kappa shape index (κ2) is 2.72. The van der Waals surface area contributed by atoms with Crippen molar-refractivity contribution in [3.8, 4) is 0 Å². The van der Waals surface area contributed by atoms with Crippen LogP contribution in [-0.2, 0) is 6.54 Å². The minimum Gasteiger partial charge on any atom is -0.381 e. The molecule has 0 bridgehead atoms. The lowest BCUT2D eigenvalue weighted by atomic mass is 9.64. The molecule has 0 atom stereocenters. The Balaban J connectivity index is 1.87. The summed E-state index contributed by atoms with van der Waals surface area (Å²) < 4.78 is 0. The molecule has 0 amide bonds. The summed E-state index contributed by atoms with van der Waals surface area (Å²) in [7, 11) is 0. The van der Waals surface area contributed by atoms with Crippen LogP contribution in [0.5, 0.6) is 0 Å². The van der Waals surface area contributed by atoms with Crippen molar-refractivity contribution < 1.29 is 0 Å². The lowest BCUT2D eigenvalue weighted by Crippen LogP contribution is -2.34. The van der Waals surface area contributed by atoms with Gasteiger partial charge in [-0.1, -0.05) is 13.8 Å². The molecule has 0 spiro atoms. The summed E-state index contributed by atoms with van der Waals surface area (Å²) >= 11 is 0. The van der Waals surface area contributed by atoms with E-state index in [1.54, 1.807) is 11.0 Å². The monoisotopic (exact) mass is 180 g/mol. The van der Waals surface area contributed by atoms with Gasteiger partial charge in [-0.3, -0.25) is 0 Å². The maximum atomic E-state index is 5.47. The summed E-state index contributed by atoms with van der Waals surface area (Å²) in [5, 5.41) is 8.13. The third-order valence-electron chi connectivity index (χ3n) is 2.66. The van der Waals surface area contributed by atoms with Crippen LogP contribution in [0.3, 0.4) is 0 Å². The van der Waals surface area contributed by atoms with Crippen molar-refractivity contribution in [3.63, 3.8) is 0 Å². The van der Waals surface area contributed by atoms with Crippen LogP contribution in [0.2, 0.25) is 0 Å². The van der Waals surface area contributed by atoms with Crippen molar-refractivity contribution >= 4 is 5.82 Å². The Kier molecular flexibility index (Phi) is 1.78. The Bertz CT molecular complexity index is 294. The first-order valence-electron chi connectivity index (χ1n) is 4.71. The molecule has 4 nitrogen and oxygen atoms in total. The first-order chi connectivity index (χ1) is 6.05. The zero-order valence-electron chi connectivity index (χ0n) is 8.20. The van der Waals surface area contributed by atoms with E-state index in [9.17, 15) is 0 Å². The van der Waals surface area contributed by atoms with Crippen molar-refractivity contribution in [2.45, 2.75) is 33.2 Å². The summed E-state index contributed by atoms with van der Waals surface area (Å²) in [6.07, 6.45) is 4.15. The fourth-order valence-electron chi connectivity index (χ4n) is 2.26. The van der Waals surface area contributed by atoms with Gasteiger partial charge in [0.1, 0.15) is 0 Å². The van der Waals surface area contributed by atoms with Crippen LogP contribution in [0.4, 0.5) is 5.82 Å². The molecule has 1 saturated carbocycles. The molecular weight excluding hydrogens is 164 g/mol. The Morgan fingerprint density at radius 1 is 1.62 bits per heavy atom. The molecule has 0 radical (unpaired) electrons. The van der Waals surface area contributed by atoms with Gasteiger partial charge in [0, 0.05) is 0 Å². The number of nitrogens with two attached hydrogens (primary N) is 1. The summed E-state index contributed by atoms with van der Waals surface area (Å²) in [6.45, 7) is 5.52. The zero-order valence-corrected chi connectivity index (χ0v) is 8.20. The molecule has 2 N–H and O–H groups in total. The van der Waals surface area contributed by atoms with Gasteiger partial charge in [-0.25, -0.2) is 0 Å². The Labute approximate surface area is 78.1 Å². The first-order valence-corrected chi connectivity index (χ1v) is 4.71. The van der Waals surface area contributed by atoms with E-state index in [0.717, 1.165) is 12.5 Å². The molecule has 13 heavy (non-hydrogen) atoms. The van der Waals surface area contributed by atoms with Gasteiger partial charge in [0.25, 0.3) is 0 Å². The van der Waals surface area contributed by atoms with Crippen LogP contribution in [0.15, 0.2) is 6.20 Å². The molecule has 0 unspecified atom stereocenters. The largest absolute Gasteiger partial charge is 0.381 e. The second-order valence-electron chi connectivity index (χ2n) is 4.76. The van der Waals surface area contributed by atoms with Gasteiger partial charge in [0.15, 0.2) is 5.82 Å². The molecule has 1 heterocycles. The molecule has 1 fully saturated rings.